The predicted octanol–water partition coefficient (Wildman–Crippen LogP) is 5.08. The zero-order valence-corrected chi connectivity index (χ0v) is 16.7. The van der Waals surface area contributed by atoms with E-state index < -0.39 is 0 Å². The maximum atomic E-state index is 12.3. The number of hydrogen-bond donors (Lipinski definition) is 2. The lowest BCUT2D eigenvalue weighted by atomic mass is 10.1. The van der Waals surface area contributed by atoms with Gasteiger partial charge in [0.2, 0.25) is 0 Å². The first-order chi connectivity index (χ1) is 12.5. The molecule has 6 heteroatoms. The van der Waals surface area contributed by atoms with Gasteiger partial charge in [0.05, 0.1) is 6.04 Å². The Hall–Kier alpha value is -1.85. The van der Waals surface area contributed by atoms with Crippen molar-refractivity contribution in [1.29, 1.82) is 0 Å². The van der Waals surface area contributed by atoms with Crippen LogP contribution in [0.3, 0.4) is 0 Å². The van der Waals surface area contributed by atoms with Crippen molar-refractivity contribution in [3.8, 4) is 0 Å². The molecule has 0 radical (unpaired) electrons. The number of thioether (sulfide) groups is 1. The summed E-state index contributed by atoms with van der Waals surface area (Å²) in [7, 11) is 0. The minimum atomic E-state index is -0.210. The second kappa shape index (κ2) is 8.69. The molecule has 4 nitrogen and oxygen atoms in total. The molecule has 1 aliphatic rings. The fraction of sp³-hybridized carbons (Fsp3) is 0.350. The van der Waals surface area contributed by atoms with E-state index in [2.05, 4.69) is 27.7 Å². The fourth-order valence-corrected chi connectivity index (χ4v) is 4.03. The summed E-state index contributed by atoms with van der Waals surface area (Å²) >= 11 is 7.91. The topological polar surface area (TPSA) is 44.4 Å². The molecule has 26 heavy (non-hydrogen) atoms. The van der Waals surface area contributed by atoms with Crippen LogP contribution in [0.4, 0.5) is 16.2 Å². The molecule has 1 unspecified atom stereocenters. The van der Waals surface area contributed by atoms with Crippen molar-refractivity contribution in [3.05, 3.63) is 58.6 Å². The number of carbonyl (C=O) groups excluding carboxylic acids is 1. The number of carbonyl (C=O) groups is 1. The van der Waals surface area contributed by atoms with E-state index in [4.69, 9.17) is 11.6 Å². The van der Waals surface area contributed by atoms with Crippen LogP contribution in [0, 0.1) is 6.92 Å². The third-order valence-corrected chi connectivity index (χ3v) is 5.75. The van der Waals surface area contributed by atoms with Gasteiger partial charge in [-0.05, 0) is 55.3 Å². The molecule has 2 aromatic carbocycles. The Balaban J connectivity index is 1.60. The number of aryl methyl sites for hydroxylation is 1. The fourth-order valence-electron chi connectivity index (χ4n) is 3.00. The zero-order chi connectivity index (χ0) is 18.5. The first kappa shape index (κ1) is 18.9. The smallest absolute Gasteiger partial charge is 0.319 e. The van der Waals surface area contributed by atoms with E-state index in [0.717, 1.165) is 29.9 Å². The standard InChI is InChI=1S/C20H24ClN3OS/c1-14-13-18(24-9-11-26-12-10-24)7-8-19(14)23-20(25)22-15(2)16-3-5-17(21)6-4-16/h3-8,13,15H,9-12H2,1-2H3,(H2,22,23,25). The Labute approximate surface area is 164 Å². The molecule has 2 amide bonds. The summed E-state index contributed by atoms with van der Waals surface area (Å²) in [5, 5.41) is 6.61. The lowest BCUT2D eigenvalue weighted by molar-refractivity contribution is 0.249. The summed E-state index contributed by atoms with van der Waals surface area (Å²) in [5.41, 5.74) is 4.14. The molecule has 3 rings (SSSR count). The number of urea groups is 1. The van der Waals surface area contributed by atoms with Gasteiger partial charge >= 0.3 is 6.03 Å². The monoisotopic (exact) mass is 389 g/mol. The molecule has 2 N–H and O–H groups in total. The van der Waals surface area contributed by atoms with Gasteiger partial charge in [-0.25, -0.2) is 4.79 Å². The highest BCUT2D eigenvalue weighted by molar-refractivity contribution is 7.99. The number of nitrogens with zero attached hydrogens (tertiary/aromatic N) is 1. The SMILES string of the molecule is Cc1cc(N2CCSCC2)ccc1NC(=O)NC(C)c1ccc(Cl)cc1. The van der Waals surface area contributed by atoms with Crippen LogP contribution >= 0.6 is 23.4 Å². The van der Waals surface area contributed by atoms with Gasteiger partial charge in [0.1, 0.15) is 0 Å². The highest BCUT2D eigenvalue weighted by Gasteiger charge is 2.14. The van der Waals surface area contributed by atoms with Gasteiger partial charge in [-0.2, -0.15) is 11.8 Å². The maximum Gasteiger partial charge on any atom is 0.319 e. The van der Waals surface area contributed by atoms with Crippen LogP contribution in [-0.2, 0) is 0 Å². The van der Waals surface area contributed by atoms with E-state index in [0.29, 0.717) is 5.02 Å². The number of nitrogens with one attached hydrogen (secondary N) is 2. The molecule has 0 spiro atoms. The van der Waals surface area contributed by atoms with Gasteiger partial charge in [-0.1, -0.05) is 23.7 Å². The normalized spacial score (nSPS) is 15.4. The molecule has 1 aliphatic heterocycles. The molecule has 0 aliphatic carbocycles. The van der Waals surface area contributed by atoms with Crippen molar-refractivity contribution in [2.45, 2.75) is 19.9 Å². The zero-order valence-electron chi connectivity index (χ0n) is 15.1. The predicted molar refractivity (Wildman–Crippen MR) is 113 cm³/mol. The van der Waals surface area contributed by atoms with Gasteiger partial charge in [0.15, 0.2) is 0 Å². The molecule has 1 fully saturated rings. The lowest BCUT2D eigenvalue weighted by Gasteiger charge is -2.29. The Morgan fingerprint density at radius 3 is 2.50 bits per heavy atom. The number of anilines is 2. The summed E-state index contributed by atoms with van der Waals surface area (Å²) < 4.78 is 0. The maximum absolute atomic E-state index is 12.3. The van der Waals surface area contributed by atoms with Gasteiger partial charge in [0, 0.05) is 41.0 Å². The van der Waals surface area contributed by atoms with Crippen molar-refractivity contribution in [2.75, 3.05) is 34.8 Å². The second-order valence-electron chi connectivity index (χ2n) is 6.47. The Bertz CT molecular complexity index is 760. The Morgan fingerprint density at radius 1 is 1.15 bits per heavy atom. The number of hydrogen-bond acceptors (Lipinski definition) is 3. The van der Waals surface area contributed by atoms with E-state index in [-0.39, 0.29) is 12.1 Å². The Kier molecular flexibility index (Phi) is 6.33. The molecule has 1 atom stereocenters. The largest absolute Gasteiger partial charge is 0.370 e. The average Bonchev–Trinajstić information content (AvgIpc) is 2.64. The molecular formula is C20H24ClN3OS. The summed E-state index contributed by atoms with van der Waals surface area (Å²) in [6.45, 7) is 6.14. The van der Waals surface area contributed by atoms with Crippen LogP contribution in [0.15, 0.2) is 42.5 Å². The van der Waals surface area contributed by atoms with Crippen LogP contribution in [0.25, 0.3) is 0 Å². The molecule has 1 heterocycles. The van der Waals surface area contributed by atoms with E-state index in [9.17, 15) is 4.79 Å². The average molecular weight is 390 g/mol. The number of rotatable bonds is 4. The molecular weight excluding hydrogens is 366 g/mol. The third kappa shape index (κ3) is 4.86. The highest BCUT2D eigenvalue weighted by atomic mass is 35.5. The van der Waals surface area contributed by atoms with Gasteiger partial charge in [-0.3, -0.25) is 0 Å². The minimum Gasteiger partial charge on any atom is -0.370 e. The molecule has 138 valence electrons. The summed E-state index contributed by atoms with van der Waals surface area (Å²) in [6, 6.07) is 13.4. The quantitative estimate of drug-likeness (QED) is 0.765. The van der Waals surface area contributed by atoms with Crippen LogP contribution in [0.5, 0.6) is 0 Å². The number of halogens is 1. The number of amides is 2. The van der Waals surface area contributed by atoms with Gasteiger partial charge in [-0.15, -0.1) is 0 Å². The first-order valence-corrected chi connectivity index (χ1v) is 10.3. The molecule has 1 saturated heterocycles. The first-order valence-electron chi connectivity index (χ1n) is 8.79. The molecule has 0 saturated carbocycles. The summed E-state index contributed by atoms with van der Waals surface area (Å²) in [4.78, 5) is 14.7. The summed E-state index contributed by atoms with van der Waals surface area (Å²) in [6.07, 6.45) is 0. The molecule has 0 bridgehead atoms. The van der Waals surface area contributed by atoms with Crippen molar-refractivity contribution >= 4 is 40.8 Å². The van der Waals surface area contributed by atoms with Crippen LogP contribution in [0.1, 0.15) is 24.1 Å². The van der Waals surface area contributed by atoms with E-state index in [1.54, 1.807) is 0 Å². The van der Waals surface area contributed by atoms with Gasteiger partial charge < -0.3 is 15.5 Å². The molecule has 2 aromatic rings. The second-order valence-corrected chi connectivity index (χ2v) is 8.13. The van der Waals surface area contributed by atoms with Crippen molar-refractivity contribution < 1.29 is 4.79 Å². The van der Waals surface area contributed by atoms with E-state index in [1.165, 1.54) is 17.2 Å². The summed E-state index contributed by atoms with van der Waals surface area (Å²) in [5.74, 6) is 2.34. The highest BCUT2D eigenvalue weighted by Crippen LogP contribution is 2.25. The van der Waals surface area contributed by atoms with E-state index >= 15 is 0 Å². The molecule has 0 aromatic heterocycles. The van der Waals surface area contributed by atoms with Crippen molar-refractivity contribution in [3.63, 3.8) is 0 Å². The van der Waals surface area contributed by atoms with Crippen molar-refractivity contribution in [1.82, 2.24) is 5.32 Å². The Morgan fingerprint density at radius 2 is 1.85 bits per heavy atom. The minimum absolute atomic E-state index is 0.0994. The van der Waals surface area contributed by atoms with Crippen LogP contribution < -0.4 is 15.5 Å². The van der Waals surface area contributed by atoms with Gasteiger partial charge in [0.25, 0.3) is 0 Å². The lowest BCUT2D eigenvalue weighted by Crippen LogP contribution is -2.33. The van der Waals surface area contributed by atoms with Crippen LogP contribution in [0.2, 0.25) is 5.02 Å². The van der Waals surface area contributed by atoms with E-state index in [1.807, 2.05) is 55.9 Å². The third-order valence-electron chi connectivity index (χ3n) is 4.55. The van der Waals surface area contributed by atoms with Crippen LogP contribution in [-0.4, -0.2) is 30.6 Å². The van der Waals surface area contributed by atoms with Crippen molar-refractivity contribution in [2.24, 2.45) is 0 Å². The number of benzene rings is 2.